The summed E-state index contributed by atoms with van der Waals surface area (Å²) in [4.78, 5) is 2.34. The molecule has 0 atom stereocenters. The van der Waals surface area contributed by atoms with Crippen molar-refractivity contribution < 1.29 is 0 Å². The summed E-state index contributed by atoms with van der Waals surface area (Å²) in [7, 11) is 0. The molecule has 304 valence electrons. The zero-order valence-corrected chi connectivity index (χ0v) is 37.0. The van der Waals surface area contributed by atoms with E-state index < -0.39 is 0 Å². The maximum Gasteiger partial charge on any atom is 0.0462 e. The molecule has 63 heavy (non-hydrogen) atoms. The van der Waals surface area contributed by atoms with E-state index in [0.29, 0.717) is 0 Å². The first-order valence-electron chi connectivity index (χ1n) is 22.3. The molecule has 0 heterocycles. The molecule has 0 spiro atoms. The number of nitrogens with zero attached hydrogens (tertiary/aromatic N) is 1. The molecule has 0 radical (unpaired) electrons. The third-order valence-electron chi connectivity index (χ3n) is 14.1. The molecule has 0 unspecified atom stereocenters. The standard InChI is InChI=1S/C62H51N/c1-40-12-26-50(27-13-40)63(51-28-14-41(2)15-29-51)52-30-20-45(21-31-52)49-25-35-56-55-34-24-48(38-59(55)62(5,6)60(56)39-49)44-18-16-43(17-19-44)47-23-33-54-53-32-22-46(42-10-8-7-9-11-42)36-57(53)61(3,4)58(54)37-47/h7-39H,1-6H3. The molecule has 1 nitrogen and oxygen atoms in total. The quantitative estimate of drug-likeness (QED) is 0.155. The Morgan fingerprint density at radius 1 is 0.270 bits per heavy atom. The second-order valence-electron chi connectivity index (χ2n) is 18.8. The molecule has 1 heteroatoms. The third-order valence-corrected chi connectivity index (χ3v) is 14.1. The first-order valence-corrected chi connectivity index (χ1v) is 22.3. The van der Waals surface area contributed by atoms with E-state index in [9.17, 15) is 0 Å². The summed E-state index contributed by atoms with van der Waals surface area (Å²) in [5.74, 6) is 0. The molecule has 9 aromatic carbocycles. The van der Waals surface area contributed by atoms with Gasteiger partial charge in [0, 0.05) is 27.9 Å². The van der Waals surface area contributed by atoms with Crippen molar-refractivity contribution in [2.45, 2.75) is 52.4 Å². The van der Waals surface area contributed by atoms with Crippen LogP contribution in [0.2, 0.25) is 0 Å². The number of benzene rings is 9. The highest BCUT2D eigenvalue weighted by Crippen LogP contribution is 2.52. The summed E-state index contributed by atoms with van der Waals surface area (Å²) in [5, 5.41) is 0. The summed E-state index contributed by atoms with van der Waals surface area (Å²) < 4.78 is 0. The molecule has 9 aromatic rings. The van der Waals surface area contributed by atoms with Gasteiger partial charge < -0.3 is 4.90 Å². The van der Waals surface area contributed by atoms with Crippen LogP contribution in [-0.2, 0) is 10.8 Å². The van der Waals surface area contributed by atoms with Crippen molar-refractivity contribution in [2.75, 3.05) is 4.90 Å². The molecular weight excluding hydrogens is 759 g/mol. The van der Waals surface area contributed by atoms with E-state index in [1.54, 1.807) is 0 Å². The molecular formula is C62H51N. The van der Waals surface area contributed by atoms with Crippen LogP contribution in [0.1, 0.15) is 61.1 Å². The molecule has 0 fully saturated rings. The maximum atomic E-state index is 2.43. The fraction of sp³-hybridized carbons (Fsp3) is 0.129. The normalized spacial score (nSPS) is 13.8. The first kappa shape index (κ1) is 38.7. The van der Waals surface area contributed by atoms with E-state index in [0.717, 1.165) is 17.1 Å². The lowest BCUT2D eigenvalue weighted by Gasteiger charge is -2.26. The van der Waals surface area contributed by atoms with Gasteiger partial charge in [0.2, 0.25) is 0 Å². The van der Waals surface area contributed by atoms with Crippen LogP contribution in [0, 0.1) is 13.8 Å². The highest BCUT2D eigenvalue weighted by molar-refractivity contribution is 5.88. The second-order valence-corrected chi connectivity index (χ2v) is 18.8. The lowest BCUT2D eigenvalue weighted by atomic mass is 9.80. The topological polar surface area (TPSA) is 3.24 Å². The van der Waals surface area contributed by atoms with Crippen molar-refractivity contribution in [3.8, 4) is 66.8 Å². The number of hydrogen-bond acceptors (Lipinski definition) is 1. The summed E-state index contributed by atoms with van der Waals surface area (Å²) in [6.07, 6.45) is 0. The van der Waals surface area contributed by atoms with Crippen LogP contribution < -0.4 is 4.90 Å². The Balaban J connectivity index is 0.848. The van der Waals surface area contributed by atoms with E-state index in [-0.39, 0.29) is 10.8 Å². The monoisotopic (exact) mass is 809 g/mol. The fourth-order valence-electron chi connectivity index (χ4n) is 10.3. The lowest BCUT2D eigenvalue weighted by Crippen LogP contribution is -2.15. The third kappa shape index (κ3) is 6.54. The minimum atomic E-state index is -0.138. The molecule has 2 aliphatic rings. The zero-order valence-electron chi connectivity index (χ0n) is 37.0. The zero-order chi connectivity index (χ0) is 43.0. The Labute approximate surface area is 373 Å². The highest BCUT2D eigenvalue weighted by Gasteiger charge is 2.37. The molecule has 0 aliphatic heterocycles. The maximum absolute atomic E-state index is 2.43. The molecule has 0 N–H and O–H groups in total. The van der Waals surface area contributed by atoms with Gasteiger partial charge in [0.1, 0.15) is 0 Å². The average Bonchev–Trinajstić information content (AvgIpc) is 3.68. The Hall–Kier alpha value is -7.22. The minimum Gasteiger partial charge on any atom is -0.311 e. The number of hydrogen-bond donors (Lipinski definition) is 0. The summed E-state index contributed by atoms with van der Waals surface area (Å²) in [6.45, 7) is 13.8. The van der Waals surface area contributed by atoms with Crippen molar-refractivity contribution in [3.63, 3.8) is 0 Å². The Bertz CT molecular complexity index is 3140. The fourth-order valence-corrected chi connectivity index (χ4v) is 10.3. The van der Waals surface area contributed by atoms with Crippen molar-refractivity contribution >= 4 is 17.1 Å². The first-order chi connectivity index (χ1) is 30.5. The van der Waals surface area contributed by atoms with Crippen LogP contribution >= 0.6 is 0 Å². The minimum absolute atomic E-state index is 0.0860. The van der Waals surface area contributed by atoms with Crippen LogP contribution in [0.25, 0.3) is 66.8 Å². The van der Waals surface area contributed by atoms with Gasteiger partial charge >= 0.3 is 0 Å². The van der Waals surface area contributed by atoms with Crippen LogP contribution in [-0.4, -0.2) is 0 Å². The summed E-state index contributed by atoms with van der Waals surface area (Å²) in [6, 6.07) is 74.7. The predicted octanol–water partition coefficient (Wildman–Crippen LogP) is 17.1. The van der Waals surface area contributed by atoms with Crippen LogP contribution in [0.5, 0.6) is 0 Å². The van der Waals surface area contributed by atoms with Crippen molar-refractivity contribution in [2.24, 2.45) is 0 Å². The summed E-state index contributed by atoms with van der Waals surface area (Å²) in [5.41, 5.74) is 26.6. The van der Waals surface area contributed by atoms with Gasteiger partial charge in [-0.2, -0.15) is 0 Å². The second kappa shape index (κ2) is 14.7. The number of rotatable bonds is 7. The van der Waals surface area contributed by atoms with Crippen molar-refractivity contribution in [3.05, 3.63) is 234 Å². The van der Waals surface area contributed by atoms with Gasteiger partial charge in [-0.15, -0.1) is 0 Å². The van der Waals surface area contributed by atoms with Gasteiger partial charge in [0.25, 0.3) is 0 Å². The predicted molar refractivity (Wildman–Crippen MR) is 267 cm³/mol. The van der Waals surface area contributed by atoms with Crippen LogP contribution in [0.4, 0.5) is 17.1 Å². The molecule has 11 rings (SSSR count). The Morgan fingerprint density at radius 3 is 0.841 bits per heavy atom. The average molecular weight is 810 g/mol. The number of fused-ring (bicyclic) bond motifs is 6. The van der Waals surface area contributed by atoms with Crippen LogP contribution in [0.3, 0.4) is 0 Å². The Morgan fingerprint density at radius 2 is 0.524 bits per heavy atom. The van der Waals surface area contributed by atoms with E-state index in [2.05, 4.69) is 247 Å². The van der Waals surface area contributed by atoms with Gasteiger partial charge in [-0.3, -0.25) is 0 Å². The number of aryl methyl sites for hydroxylation is 2. The van der Waals surface area contributed by atoms with Crippen molar-refractivity contribution in [1.29, 1.82) is 0 Å². The van der Waals surface area contributed by atoms with E-state index in [1.807, 2.05) is 0 Å². The van der Waals surface area contributed by atoms with Crippen molar-refractivity contribution in [1.82, 2.24) is 0 Å². The molecule has 0 amide bonds. The van der Waals surface area contributed by atoms with Gasteiger partial charge in [-0.05, 0) is 164 Å². The molecule has 2 aliphatic carbocycles. The molecule has 0 bridgehead atoms. The van der Waals surface area contributed by atoms with Gasteiger partial charge in [-0.1, -0.05) is 178 Å². The largest absolute Gasteiger partial charge is 0.311 e. The SMILES string of the molecule is Cc1ccc(N(c2ccc(C)cc2)c2ccc(-c3ccc4c(c3)C(C)(C)c3cc(-c5ccc(-c6ccc7c(c6)C(C)(C)c6cc(-c8ccccc8)ccc6-7)cc5)ccc3-4)cc2)cc1. The molecule has 0 saturated carbocycles. The number of anilines is 3. The lowest BCUT2D eigenvalue weighted by molar-refractivity contribution is 0.660. The smallest absolute Gasteiger partial charge is 0.0462 e. The van der Waals surface area contributed by atoms with E-state index >= 15 is 0 Å². The van der Waals surface area contributed by atoms with E-state index in [4.69, 9.17) is 0 Å². The van der Waals surface area contributed by atoms with Gasteiger partial charge in [0.05, 0.1) is 0 Å². The van der Waals surface area contributed by atoms with E-state index in [1.165, 1.54) is 100 Å². The van der Waals surface area contributed by atoms with Gasteiger partial charge in [0.15, 0.2) is 0 Å². The molecule has 0 aromatic heterocycles. The Kier molecular flexibility index (Phi) is 9.03. The van der Waals surface area contributed by atoms with Crippen LogP contribution in [0.15, 0.2) is 200 Å². The summed E-state index contributed by atoms with van der Waals surface area (Å²) >= 11 is 0. The molecule has 0 saturated heterocycles. The van der Waals surface area contributed by atoms with Gasteiger partial charge in [-0.25, -0.2) is 0 Å². The highest BCUT2D eigenvalue weighted by atomic mass is 15.1.